The van der Waals surface area contributed by atoms with Crippen molar-refractivity contribution in [2.45, 2.75) is 113 Å². The van der Waals surface area contributed by atoms with Crippen molar-refractivity contribution < 1.29 is 28.8 Å². The summed E-state index contributed by atoms with van der Waals surface area (Å²) < 4.78 is 0. The van der Waals surface area contributed by atoms with Gasteiger partial charge in [0.15, 0.2) is 0 Å². The molecule has 8 atom stereocenters. The SMILES string of the molecule is CCCN(NC(=O)[C@@H]1[C@@H]2[C@H](CN1C(=O)[C@@H](NC(=O)N[C@H](CN1C(=O)C3CC4CCC43C1=O)C(C)(C)C)C(C)(C)C)C2(C)C)C(C)=O. The minimum Gasteiger partial charge on any atom is -0.333 e. The number of hydrogen-bond acceptors (Lipinski definition) is 6. The lowest BCUT2D eigenvalue weighted by Gasteiger charge is -2.57. The Kier molecular flexibility index (Phi) is 8.33. The summed E-state index contributed by atoms with van der Waals surface area (Å²) in [5.41, 5.74) is 0.904. The number of rotatable bonds is 8. The molecule has 2 heterocycles. The standard InChI is InChI=1S/C34H54N6O6/c1-11-14-40(18(2)41)37-26(42)24-23-21(33(23,9)10)16-38(24)28(44)25(32(6,7)8)36-30(46)35-22(31(3,4)5)17-39-27(43)20-15-19-12-13-34(19,20)29(39)45/h19-25H,11-17H2,1-10H3,(H,37,42)(H2,35,36,46)/t19?,20?,21-,22+,23-,24-,25+,34?/m0/s1. The highest BCUT2D eigenvalue weighted by Crippen LogP contribution is 2.68. The minimum atomic E-state index is -0.968. The van der Waals surface area contributed by atoms with Crippen LogP contribution in [0.25, 0.3) is 0 Å². The summed E-state index contributed by atoms with van der Waals surface area (Å²) in [6, 6.07) is -2.88. The van der Waals surface area contributed by atoms with E-state index in [4.69, 9.17) is 0 Å². The lowest BCUT2D eigenvalue weighted by Crippen LogP contribution is -2.63. The molecule has 12 heteroatoms. The number of carbonyl (C=O) groups is 6. The van der Waals surface area contributed by atoms with Crippen molar-refractivity contribution in [1.29, 1.82) is 0 Å². The van der Waals surface area contributed by atoms with Crippen molar-refractivity contribution in [3.63, 3.8) is 0 Å². The van der Waals surface area contributed by atoms with E-state index in [1.54, 1.807) is 4.90 Å². The van der Waals surface area contributed by atoms with Gasteiger partial charge in [-0.3, -0.25) is 39.3 Å². The van der Waals surface area contributed by atoms with Crippen LogP contribution in [0.15, 0.2) is 0 Å². The summed E-state index contributed by atoms with van der Waals surface area (Å²) in [7, 11) is 0. The van der Waals surface area contributed by atoms with Crippen LogP contribution in [-0.2, 0) is 24.0 Å². The smallest absolute Gasteiger partial charge is 0.315 e. The first kappa shape index (κ1) is 34.2. The van der Waals surface area contributed by atoms with Gasteiger partial charge in [-0.25, -0.2) is 4.79 Å². The van der Waals surface area contributed by atoms with Crippen molar-refractivity contribution in [1.82, 2.24) is 30.9 Å². The highest BCUT2D eigenvalue weighted by Gasteiger charge is 2.74. The molecule has 7 amide bonds. The van der Waals surface area contributed by atoms with Crippen LogP contribution in [0.2, 0.25) is 0 Å². The van der Waals surface area contributed by atoms with E-state index in [-0.39, 0.29) is 53.3 Å². The Morgan fingerprint density at radius 1 is 1.02 bits per heavy atom. The van der Waals surface area contributed by atoms with E-state index >= 15 is 0 Å². The van der Waals surface area contributed by atoms with Gasteiger partial charge in [-0.15, -0.1) is 0 Å². The largest absolute Gasteiger partial charge is 0.333 e. The molecule has 3 saturated carbocycles. The summed E-state index contributed by atoms with van der Waals surface area (Å²) >= 11 is 0. The van der Waals surface area contributed by atoms with Gasteiger partial charge in [0.05, 0.1) is 17.4 Å². The van der Waals surface area contributed by atoms with Gasteiger partial charge >= 0.3 is 6.03 Å². The molecular formula is C34H54N6O6. The number of piperidine rings is 1. The lowest BCUT2D eigenvalue weighted by atomic mass is 9.43. The third-order valence-electron chi connectivity index (χ3n) is 11.9. The van der Waals surface area contributed by atoms with Gasteiger partial charge in [-0.05, 0) is 59.7 Å². The van der Waals surface area contributed by atoms with Crippen molar-refractivity contribution in [3.8, 4) is 0 Å². The van der Waals surface area contributed by atoms with Gasteiger partial charge in [-0.2, -0.15) is 0 Å². The molecule has 2 saturated heterocycles. The van der Waals surface area contributed by atoms with Gasteiger partial charge in [0.2, 0.25) is 23.6 Å². The number of hydrogen-bond donors (Lipinski definition) is 3. The number of amides is 7. The van der Waals surface area contributed by atoms with E-state index in [1.165, 1.54) is 16.8 Å². The molecule has 5 fully saturated rings. The molecule has 12 nitrogen and oxygen atoms in total. The Morgan fingerprint density at radius 3 is 2.15 bits per heavy atom. The maximum absolute atomic E-state index is 14.3. The first-order valence-corrected chi connectivity index (χ1v) is 17.0. The number of carbonyl (C=O) groups excluding carboxylic acids is 6. The first-order chi connectivity index (χ1) is 21.2. The Balaban J connectivity index is 1.31. The van der Waals surface area contributed by atoms with Gasteiger partial charge in [0.1, 0.15) is 12.1 Å². The number of hydrazine groups is 1. The molecular weight excluding hydrogens is 588 g/mol. The van der Waals surface area contributed by atoms with Crippen molar-refractivity contribution >= 4 is 35.6 Å². The Labute approximate surface area is 273 Å². The Hall–Kier alpha value is -3.18. The van der Waals surface area contributed by atoms with Crippen LogP contribution in [0.5, 0.6) is 0 Å². The summed E-state index contributed by atoms with van der Waals surface area (Å²) in [5, 5.41) is 7.19. The second-order valence-electron chi connectivity index (χ2n) is 17.2. The van der Waals surface area contributed by atoms with Gasteiger partial charge in [0, 0.05) is 26.6 Å². The quantitative estimate of drug-likeness (QED) is 0.274. The third-order valence-corrected chi connectivity index (χ3v) is 11.9. The third kappa shape index (κ3) is 5.37. The van der Waals surface area contributed by atoms with Crippen molar-refractivity contribution in [3.05, 3.63) is 0 Å². The molecule has 0 bridgehead atoms. The van der Waals surface area contributed by atoms with E-state index < -0.39 is 46.3 Å². The van der Waals surface area contributed by atoms with Crippen LogP contribution < -0.4 is 16.1 Å². The van der Waals surface area contributed by atoms with Gasteiger partial charge in [0.25, 0.3) is 5.91 Å². The van der Waals surface area contributed by atoms with Crippen LogP contribution in [0, 0.1) is 45.3 Å². The number of urea groups is 1. The van der Waals surface area contributed by atoms with E-state index in [1.807, 2.05) is 48.5 Å². The van der Waals surface area contributed by atoms with Crippen molar-refractivity contribution in [2.75, 3.05) is 19.6 Å². The molecule has 0 aromatic rings. The van der Waals surface area contributed by atoms with Crippen LogP contribution in [-0.4, -0.2) is 88.1 Å². The number of imide groups is 1. The highest BCUT2D eigenvalue weighted by molar-refractivity contribution is 6.09. The number of likely N-dealkylation sites (tertiary alicyclic amines) is 2. The zero-order valence-corrected chi connectivity index (χ0v) is 29.3. The zero-order chi connectivity index (χ0) is 34.3. The van der Waals surface area contributed by atoms with Crippen LogP contribution in [0.3, 0.4) is 0 Å². The van der Waals surface area contributed by atoms with E-state index in [9.17, 15) is 28.8 Å². The molecule has 3 N–H and O–H groups in total. The fourth-order valence-corrected chi connectivity index (χ4v) is 8.64. The normalized spacial score (nSPS) is 31.8. The number of nitrogens with zero attached hydrogens (tertiary/aromatic N) is 3. The summed E-state index contributed by atoms with van der Waals surface area (Å²) in [5.74, 6) is -1.16. The second kappa shape index (κ2) is 11.2. The predicted molar refractivity (Wildman–Crippen MR) is 170 cm³/mol. The second-order valence-corrected chi connectivity index (χ2v) is 17.2. The number of nitrogens with one attached hydrogen (secondary N) is 3. The van der Waals surface area contributed by atoms with Gasteiger partial charge in [-0.1, -0.05) is 62.3 Å². The van der Waals surface area contributed by atoms with E-state index in [2.05, 4.69) is 29.9 Å². The minimum absolute atomic E-state index is 0.0628. The summed E-state index contributed by atoms with van der Waals surface area (Å²) in [4.78, 5) is 83.4. The van der Waals surface area contributed by atoms with E-state index in [0.29, 0.717) is 25.4 Å². The van der Waals surface area contributed by atoms with Gasteiger partial charge < -0.3 is 15.5 Å². The van der Waals surface area contributed by atoms with E-state index in [0.717, 1.165) is 19.3 Å². The Morgan fingerprint density at radius 2 is 1.67 bits per heavy atom. The maximum atomic E-state index is 14.3. The average molecular weight is 643 g/mol. The van der Waals surface area contributed by atoms with Crippen LogP contribution >= 0.6 is 0 Å². The molecule has 46 heavy (non-hydrogen) atoms. The fourth-order valence-electron chi connectivity index (χ4n) is 8.64. The Bertz CT molecular complexity index is 1330. The monoisotopic (exact) mass is 642 g/mol. The molecule has 0 radical (unpaired) electrons. The molecule has 3 aliphatic carbocycles. The lowest BCUT2D eigenvalue weighted by molar-refractivity contribution is -0.166. The summed E-state index contributed by atoms with van der Waals surface area (Å²) in [6.07, 6.45) is 3.17. The van der Waals surface area contributed by atoms with Crippen LogP contribution in [0.1, 0.15) is 94.9 Å². The topological polar surface area (TPSA) is 148 Å². The molecule has 0 aromatic carbocycles. The zero-order valence-electron chi connectivity index (χ0n) is 29.3. The molecule has 2 aliphatic heterocycles. The molecule has 5 aliphatic rings. The number of fused-ring (bicyclic) bond motifs is 1. The maximum Gasteiger partial charge on any atom is 0.315 e. The molecule has 3 unspecified atom stereocenters. The average Bonchev–Trinajstić information content (AvgIpc) is 3.21. The summed E-state index contributed by atoms with van der Waals surface area (Å²) in [6.45, 7) is 19.7. The fraction of sp³-hybridized carbons (Fsp3) is 0.824. The molecule has 5 rings (SSSR count). The molecule has 256 valence electrons. The molecule has 1 spiro atoms. The van der Waals surface area contributed by atoms with Crippen LogP contribution in [0.4, 0.5) is 4.79 Å². The predicted octanol–water partition coefficient (Wildman–Crippen LogP) is 2.67. The molecule has 0 aromatic heterocycles. The first-order valence-electron chi connectivity index (χ1n) is 17.0. The highest BCUT2D eigenvalue weighted by atomic mass is 16.2. The van der Waals surface area contributed by atoms with Crippen molar-refractivity contribution in [2.24, 2.45) is 45.3 Å².